The minimum atomic E-state index is -2.97. The summed E-state index contributed by atoms with van der Waals surface area (Å²) < 4.78 is 39.4. The Morgan fingerprint density at radius 2 is 1.83 bits per heavy atom. The van der Waals surface area contributed by atoms with E-state index in [1.54, 1.807) is 31.2 Å². The number of carbonyl (C=O) groups excluding carboxylic acids is 2. The predicted octanol–water partition coefficient (Wildman–Crippen LogP) is 4.12. The van der Waals surface area contributed by atoms with Crippen LogP contribution in [-0.2, 0) is 14.3 Å². The maximum absolute atomic E-state index is 12.5. The summed E-state index contributed by atoms with van der Waals surface area (Å²) in [6.07, 6.45) is 2.77. The van der Waals surface area contributed by atoms with Gasteiger partial charge >= 0.3 is 12.6 Å². The summed E-state index contributed by atoms with van der Waals surface area (Å²) in [5.41, 5.74) is 1.32. The number of alkyl halides is 2. The van der Waals surface area contributed by atoms with Crippen LogP contribution in [0.15, 0.2) is 54.6 Å². The van der Waals surface area contributed by atoms with Crippen LogP contribution in [0.25, 0.3) is 6.08 Å². The Bertz CT molecular complexity index is 871. The number of benzene rings is 2. The van der Waals surface area contributed by atoms with E-state index in [9.17, 15) is 18.4 Å². The predicted molar refractivity (Wildman–Crippen MR) is 107 cm³/mol. The summed E-state index contributed by atoms with van der Waals surface area (Å²) >= 11 is 0. The second-order valence-electron chi connectivity index (χ2n) is 6.10. The molecule has 160 valence electrons. The average Bonchev–Trinajstić information content (AvgIpc) is 2.73. The molecule has 1 N–H and O–H groups in total. The van der Waals surface area contributed by atoms with Crippen molar-refractivity contribution >= 4 is 18.0 Å². The molecule has 0 radical (unpaired) electrons. The van der Waals surface area contributed by atoms with E-state index in [0.29, 0.717) is 5.56 Å². The van der Waals surface area contributed by atoms with Crippen molar-refractivity contribution in [2.45, 2.75) is 26.0 Å². The van der Waals surface area contributed by atoms with E-state index in [0.717, 1.165) is 5.56 Å². The van der Waals surface area contributed by atoms with Crippen LogP contribution in [0.1, 0.15) is 30.5 Å². The van der Waals surface area contributed by atoms with Gasteiger partial charge in [0.1, 0.15) is 0 Å². The highest BCUT2D eigenvalue weighted by Crippen LogP contribution is 2.30. The molecule has 6 nitrogen and oxygen atoms in total. The summed E-state index contributed by atoms with van der Waals surface area (Å²) in [7, 11) is 1.28. The molecule has 1 atom stereocenters. The quantitative estimate of drug-likeness (QED) is 0.463. The maximum atomic E-state index is 12.5. The van der Waals surface area contributed by atoms with Gasteiger partial charge in [0.15, 0.2) is 11.5 Å². The highest BCUT2D eigenvalue weighted by atomic mass is 19.3. The van der Waals surface area contributed by atoms with Gasteiger partial charge in [0.25, 0.3) is 0 Å². The van der Waals surface area contributed by atoms with Gasteiger partial charge in [0.05, 0.1) is 26.2 Å². The first kappa shape index (κ1) is 22.9. The highest BCUT2D eigenvalue weighted by molar-refractivity contribution is 5.92. The van der Waals surface area contributed by atoms with Crippen molar-refractivity contribution in [1.82, 2.24) is 5.32 Å². The van der Waals surface area contributed by atoms with Crippen LogP contribution >= 0.6 is 0 Å². The van der Waals surface area contributed by atoms with Crippen molar-refractivity contribution < 1.29 is 32.6 Å². The third-order valence-electron chi connectivity index (χ3n) is 4.03. The molecule has 2 aromatic rings. The molecule has 0 aliphatic carbocycles. The molecule has 0 saturated heterocycles. The fraction of sp³-hybridized carbons (Fsp3) is 0.273. The van der Waals surface area contributed by atoms with Crippen LogP contribution in [0.4, 0.5) is 8.78 Å². The normalized spacial score (nSPS) is 11.9. The number of carbonyl (C=O) groups is 2. The average molecular weight is 419 g/mol. The Balaban J connectivity index is 2.12. The number of hydrogen-bond acceptors (Lipinski definition) is 5. The summed E-state index contributed by atoms with van der Waals surface area (Å²) in [6, 6.07) is 12.8. The largest absolute Gasteiger partial charge is 0.490 e. The first-order chi connectivity index (χ1) is 14.4. The maximum Gasteiger partial charge on any atom is 0.387 e. The van der Waals surface area contributed by atoms with Crippen molar-refractivity contribution in [3.05, 3.63) is 65.7 Å². The van der Waals surface area contributed by atoms with Gasteiger partial charge in [0.2, 0.25) is 5.91 Å². The van der Waals surface area contributed by atoms with E-state index in [2.05, 4.69) is 10.1 Å². The number of amides is 1. The molecule has 0 spiro atoms. The van der Waals surface area contributed by atoms with Gasteiger partial charge < -0.3 is 19.5 Å². The van der Waals surface area contributed by atoms with Crippen LogP contribution in [-0.4, -0.2) is 32.2 Å². The number of halogens is 2. The van der Waals surface area contributed by atoms with Gasteiger partial charge in [-0.15, -0.1) is 0 Å². The van der Waals surface area contributed by atoms with E-state index in [1.165, 1.54) is 37.5 Å². The fourth-order valence-corrected chi connectivity index (χ4v) is 2.67. The van der Waals surface area contributed by atoms with Gasteiger partial charge in [-0.05, 0) is 36.3 Å². The number of esters is 1. The van der Waals surface area contributed by atoms with E-state index in [4.69, 9.17) is 9.47 Å². The van der Waals surface area contributed by atoms with Crippen molar-refractivity contribution in [1.29, 1.82) is 0 Å². The third-order valence-corrected chi connectivity index (χ3v) is 4.03. The van der Waals surface area contributed by atoms with Crippen LogP contribution in [0.3, 0.4) is 0 Å². The van der Waals surface area contributed by atoms with Gasteiger partial charge in [-0.1, -0.05) is 36.4 Å². The van der Waals surface area contributed by atoms with E-state index >= 15 is 0 Å². The zero-order chi connectivity index (χ0) is 21.9. The molecule has 30 heavy (non-hydrogen) atoms. The molecule has 0 fully saturated rings. The number of rotatable bonds is 10. The molecule has 0 aliphatic heterocycles. The van der Waals surface area contributed by atoms with Gasteiger partial charge in [0, 0.05) is 6.08 Å². The molecule has 8 heteroatoms. The van der Waals surface area contributed by atoms with E-state index in [-0.39, 0.29) is 24.5 Å². The molecule has 0 aliphatic rings. The lowest BCUT2D eigenvalue weighted by atomic mass is 10.0. The van der Waals surface area contributed by atoms with Crippen molar-refractivity contribution in [2.24, 2.45) is 0 Å². The van der Waals surface area contributed by atoms with Crippen LogP contribution in [0.2, 0.25) is 0 Å². The molecule has 2 rings (SSSR count). The van der Waals surface area contributed by atoms with E-state index < -0.39 is 24.5 Å². The van der Waals surface area contributed by atoms with E-state index in [1.807, 2.05) is 6.07 Å². The van der Waals surface area contributed by atoms with Crippen LogP contribution < -0.4 is 14.8 Å². The summed E-state index contributed by atoms with van der Waals surface area (Å²) in [5.74, 6) is -0.827. The molecule has 0 saturated carbocycles. The van der Waals surface area contributed by atoms with Crippen molar-refractivity contribution in [3.8, 4) is 11.5 Å². The number of nitrogens with one attached hydrogen (secondary N) is 1. The number of hydrogen-bond donors (Lipinski definition) is 1. The molecular formula is C22H23F2NO5. The summed E-state index contributed by atoms with van der Waals surface area (Å²) in [4.78, 5) is 24.1. The van der Waals surface area contributed by atoms with Gasteiger partial charge in [-0.3, -0.25) is 9.59 Å². The van der Waals surface area contributed by atoms with Crippen molar-refractivity contribution in [2.75, 3.05) is 13.7 Å². The molecule has 0 heterocycles. The first-order valence-electron chi connectivity index (χ1n) is 9.25. The Morgan fingerprint density at radius 1 is 1.10 bits per heavy atom. The monoisotopic (exact) mass is 419 g/mol. The lowest BCUT2D eigenvalue weighted by Gasteiger charge is -2.17. The Morgan fingerprint density at radius 3 is 2.47 bits per heavy atom. The highest BCUT2D eigenvalue weighted by Gasteiger charge is 2.18. The first-order valence-corrected chi connectivity index (χ1v) is 9.25. The number of ether oxygens (including phenoxy) is 3. The molecule has 1 amide bonds. The third kappa shape index (κ3) is 7.20. The van der Waals surface area contributed by atoms with Gasteiger partial charge in [-0.25, -0.2) is 0 Å². The standard InChI is InChI=1S/C22H23F2NO5/c1-3-29-19-13-15(9-11-18(19)30-22(23)24)10-12-20(26)25-17(14-21(27)28-2)16-7-5-4-6-8-16/h4-13,17,22H,3,14H2,1-2H3,(H,25,26)/b12-10+. The second kappa shape index (κ2) is 11.5. The van der Waals surface area contributed by atoms with Crippen LogP contribution in [0, 0.1) is 0 Å². The van der Waals surface area contributed by atoms with Crippen molar-refractivity contribution in [3.63, 3.8) is 0 Å². The molecular weight excluding hydrogens is 396 g/mol. The molecule has 1 unspecified atom stereocenters. The SMILES string of the molecule is CCOc1cc(/C=C/C(=O)NC(CC(=O)OC)c2ccccc2)ccc1OC(F)F. The molecule has 0 bridgehead atoms. The zero-order valence-corrected chi connectivity index (χ0v) is 16.6. The lowest BCUT2D eigenvalue weighted by molar-refractivity contribution is -0.141. The Hall–Kier alpha value is -3.42. The molecule has 0 aromatic heterocycles. The lowest BCUT2D eigenvalue weighted by Crippen LogP contribution is -2.29. The number of methoxy groups -OCH3 is 1. The zero-order valence-electron chi connectivity index (χ0n) is 16.6. The van der Waals surface area contributed by atoms with Crippen LogP contribution in [0.5, 0.6) is 11.5 Å². The summed E-state index contributed by atoms with van der Waals surface area (Å²) in [5, 5.41) is 2.76. The second-order valence-corrected chi connectivity index (χ2v) is 6.10. The molecule has 2 aromatic carbocycles. The van der Waals surface area contributed by atoms with Gasteiger partial charge in [-0.2, -0.15) is 8.78 Å². The topological polar surface area (TPSA) is 73.9 Å². The minimum Gasteiger partial charge on any atom is -0.490 e. The smallest absolute Gasteiger partial charge is 0.387 e. The fourth-order valence-electron chi connectivity index (χ4n) is 2.67. The summed E-state index contributed by atoms with van der Waals surface area (Å²) in [6.45, 7) is -0.992. The minimum absolute atomic E-state index is 0.0196. The Labute approximate surface area is 173 Å². The Kier molecular flexibility index (Phi) is 8.80.